The molecule has 1 atom stereocenters. The van der Waals surface area contributed by atoms with Crippen LogP contribution in [0.4, 0.5) is 0 Å². The molecule has 26 heavy (non-hydrogen) atoms. The first-order valence-electron chi connectivity index (χ1n) is 10.2. The molecule has 144 valence electrons. The first-order chi connectivity index (χ1) is 12.7. The van der Waals surface area contributed by atoms with Gasteiger partial charge in [-0.15, -0.1) is 10.2 Å². The molecule has 2 aliphatic heterocycles. The Morgan fingerprint density at radius 2 is 1.96 bits per heavy atom. The maximum Gasteiger partial charge on any atom is 0.222 e. The van der Waals surface area contributed by atoms with E-state index < -0.39 is 0 Å². The van der Waals surface area contributed by atoms with Crippen LogP contribution in [-0.2, 0) is 23.1 Å². The third-order valence-electron chi connectivity index (χ3n) is 6.07. The molecular weight excluding hydrogens is 330 g/mol. The smallest absolute Gasteiger partial charge is 0.222 e. The molecule has 1 amide bonds. The van der Waals surface area contributed by atoms with Crippen molar-refractivity contribution >= 4 is 5.91 Å². The number of hydrogen-bond donors (Lipinski definition) is 0. The summed E-state index contributed by atoms with van der Waals surface area (Å²) in [7, 11) is 2.07. The molecule has 4 rings (SSSR count). The highest BCUT2D eigenvalue weighted by molar-refractivity contribution is 5.76. The summed E-state index contributed by atoms with van der Waals surface area (Å²) in [4.78, 5) is 17.0. The van der Waals surface area contributed by atoms with E-state index in [1.165, 1.54) is 12.8 Å². The molecule has 3 heterocycles. The molecule has 0 N–H and O–H groups in total. The molecule has 0 radical (unpaired) electrons. The average molecular weight is 361 g/mol. The van der Waals surface area contributed by atoms with E-state index in [1.807, 2.05) is 0 Å². The number of morpholine rings is 1. The van der Waals surface area contributed by atoms with Gasteiger partial charge in [-0.25, -0.2) is 0 Å². The Bertz CT molecular complexity index is 621. The zero-order valence-corrected chi connectivity index (χ0v) is 15.9. The fraction of sp³-hybridized carbons (Fsp3) is 0.842. The molecule has 0 aromatic carbocycles. The van der Waals surface area contributed by atoms with Crippen LogP contribution in [0, 0.1) is 5.92 Å². The summed E-state index contributed by atoms with van der Waals surface area (Å²) >= 11 is 0. The first-order valence-corrected chi connectivity index (χ1v) is 10.2. The first kappa shape index (κ1) is 17.9. The van der Waals surface area contributed by atoms with Crippen molar-refractivity contribution in [1.82, 2.24) is 24.6 Å². The molecule has 0 unspecified atom stereocenters. The molecule has 7 nitrogen and oxygen atoms in total. The van der Waals surface area contributed by atoms with Gasteiger partial charge in [0.1, 0.15) is 11.6 Å². The Morgan fingerprint density at radius 1 is 1.15 bits per heavy atom. The highest BCUT2D eigenvalue weighted by Crippen LogP contribution is 2.34. The molecule has 3 aliphatic rings. The molecule has 2 saturated heterocycles. The molecule has 1 aromatic heterocycles. The minimum absolute atomic E-state index is 0.310. The lowest BCUT2D eigenvalue weighted by Gasteiger charge is -2.32. The van der Waals surface area contributed by atoms with Crippen molar-refractivity contribution in [3.63, 3.8) is 0 Å². The number of carbonyl (C=O) groups is 1. The number of ether oxygens (including phenoxy) is 1. The van der Waals surface area contributed by atoms with E-state index >= 15 is 0 Å². The van der Waals surface area contributed by atoms with E-state index in [1.54, 1.807) is 0 Å². The second-order valence-corrected chi connectivity index (χ2v) is 8.08. The van der Waals surface area contributed by atoms with Gasteiger partial charge in [-0.05, 0) is 25.2 Å². The predicted molar refractivity (Wildman–Crippen MR) is 97.6 cm³/mol. The van der Waals surface area contributed by atoms with E-state index in [4.69, 9.17) is 4.74 Å². The maximum atomic E-state index is 12.5. The molecule has 3 fully saturated rings. The number of aromatic nitrogens is 3. The quantitative estimate of drug-likeness (QED) is 0.769. The summed E-state index contributed by atoms with van der Waals surface area (Å²) in [5.41, 5.74) is 0. The Morgan fingerprint density at radius 3 is 2.73 bits per heavy atom. The number of rotatable bonds is 6. The van der Waals surface area contributed by atoms with Gasteiger partial charge >= 0.3 is 0 Å². The molecule has 1 saturated carbocycles. The Balaban J connectivity index is 1.36. The van der Waals surface area contributed by atoms with Crippen LogP contribution in [0.5, 0.6) is 0 Å². The standard InChI is InChI=1S/C19H31N5O2/c1-22-17(14-23-9-11-26-12-10-23)20-21-19(22)16-3-2-8-24(13-16)18(25)7-6-15-4-5-15/h15-16H,2-14H2,1H3/t16-/m0/s1. The van der Waals surface area contributed by atoms with E-state index in [0.717, 1.165) is 89.2 Å². The predicted octanol–water partition coefficient (Wildman–Crippen LogP) is 1.54. The van der Waals surface area contributed by atoms with Crippen molar-refractivity contribution in [3.8, 4) is 0 Å². The zero-order valence-electron chi connectivity index (χ0n) is 15.9. The van der Waals surface area contributed by atoms with Gasteiger partial charge in [0.25, 0.3) is 0 Å². The summed E-state index contributed by atoms with van der Waals surface area (Å²) in [6.07, 6.45) is 6.59. The lowest BCUT2D eigenvalue weighted by molar-refractivity contribution is -0.132. The normalized spacial score (nSPS) is 24.8. The van der Waals surface area contributed by atoms with Gasteiger partial charge in [-0.3, -0.25) is 9.69 Å². The van der Waals surface area contributed by atoms with Crippen LogP contribution < -0.4 is 0 Å². The minimum Gasteiger partial charge on any atom is -0.379 e. The highest BCUT2D eigenvalue weighted by Gasteiger charge is 2.30. The van der Waals surface area contributed by atoms with Crippen LogP contribution in [0.15, 0.2) is 0 Å². The van der Waals surface area contributed by atoms with Crippen LogP contribution in [0.25, 0.3) is 0 Å². The second kappa shape index (κ2) is 8.05. The van der Waals surface area contributed by atoms with Crippen molar-refractivity contribution < 1.29 is 9.53 Å². The van der Waals surface area contributed by atoms with Gasteiger partial charge in [-0.1, -0.05) is 12.8 Å². The lowest BCUT2D eigenvalue weighted by atomic mass is 9.96. The highest BCUT2D eigenvalue weighted by atomic mass is 16.5. The molecule has 7 heteroatoms. The van der Waals surface area contributed by atoms with E-state index in [9.17, 15) is 4.79 Å². The molecule has 1 aliphatic carbocycles. The fourth-order valence-electron chi connectivity index (χ4n) is 4.13. The number of hydrogen-bond acceptors (Lipinski definition) is 5. The summed E-state index contributed by atoms with van der Waals surface area (Å²) in [5, 5.41) is 8.95. The third-order valence-corrected chi connectivity index (χ3v) is 6.07. The van der Waals surface area contributed by atoms with Crippen LogP contribution in [-0.4, -0.2) is 69.9 Å². The van der Waals surface area contributed by atoms with Crippen molar-refractivity contribution in [1.29, 1.82) is 0 Å². The SMILES string of the molecule is Cn1c(CN2CCOCC2)nnc1[C@H]1CCCN(C(=O)CCC2CC2)C1. The second-order valence-electron chi connectivity index (χ2n) is 8.08. The molecular formula is C19H31N5O2. The molecule has 0 bridgehead atoms. The lowest BCUT2D eigenvalue weighted by Crippen LogP contribution is -2.39. The maximum absolute atomic E-state index is 12.5. The number of likely N-dealkylation sites (tertiary alicyclic amines) is 1. The van der Waals surface area contributed by atoms with Gasteiger partial charge in [0, 0.05) is 45.6 Å². The van der Waals surface area contributed by atoms with Crippen LogP contribution in [0.2, 0.25) is 0 Å². The van der Waals surface area contributed by atoms with Gasteiger partial charge in [0.2, 0.25) is 5.91 Å². The van der Waals surface area contributed by atoms with Crippen molar-refractivity contribution in [2.45, 2.75) is 51.0 Å². The van der Waals surface area contributed by atoms with Crippen LogP contribution >= 0.6 is 0 Å². The Hall–Kier alpha value is -1.47. The average Bonchev–Trinajstić information content (AvgIpc) is 3.44. The summed E-state index contributed by atoms with van der Waals surface area (Å²) in [6, 6.07) is 0. The van der Waals surface area contributed by atoms with Gasteiger partial charge < -0.3 is 14.2 Å². The van der Waals surface area contributed by atoms with E-state index in [2.05, 4.69) is 31.6 Å². The fourth-order valence-corrected chi connectivity index (χ4v) is 4.13. The van der Waals surface area contributed by atoms with Gasteiger partial charge in [-0.2, -0.15) is 0 Å². The summed E-state index contributed by atoms with van der Waals surface area (Å²) < 4.78 is 7.57. The topological polar surface area (TPSA) is 63.5 Å². The minimum atomic E-state index is 0.310. The number of amides is 1. The summed E-state index contributed by atoms with van der Waals surface area (Å²) in [6.45, 7) is 6.02. The third kappa shape index (κ3) is 4.26. The number of piperidine rings is 1. The largest absolute Gasteiger partial charge is 0.379 e. The van der Waals surface area contributed by atoms with Crippen LogP contribution in [0.3, 0.4) is 0 Å². The van der Waals surface area contributed by atoms with Crippen LogP contribution in [0.1, 0.15) is 56.1 Å². The van der Waals surface area contributed by atoms with Gasteiger partial charge in [0.05, 0.1) is 19.8 Å². The van der Waals surface area contributed by atoms with Crippen molar-refractivity contribution in [2.75, 3.05) is 39.4 Å². The van der Waals surface area contributed by atoms with Gasteiger partial charge in [0.15, 0.2) is 0 Å². The zero-order chi connectivity index (χ0) is 17.9. The number of nitrogens with zero attached hydrogens (tertiary/aromatic N) is 5. The van der Waals surface area contributed by atoms with E-state index in [-0.39, 0.29) is 0 Å². The van der Waals surface area contributed by atoms with Crippen molar-refractivity contribution in [2.24, 2.45) is 13.0 Å². The molecule has 0 spiro atoms. The molecule has 1 aromatic rings. The Kier molecular flexibility index (Phi) is 5.55. The monoisotopic (exact) mass is 361 g/mol. The van der Waals surface area contributed by atoms with Crippen molar-refractivity contribution in [3.05, 3.63) is 11.6 Å². The Labute approximate surface area is 155 Å². The number of carbonyl (C=O) groups excluding carboxylic acids is 1. The summed E-state index contributed by atoms with van der Waals surface area (Å²) in [5.74, 6) is 3.51. The van der Waals surface area contributed by atoms with E-state index in [0.29, 0.717) is 11.8 Å².